The topological polar surface area (TPSA) is 66.7 Å². The summed E-state index contributed by atoms with van der Waals surface area (Å²) in [6.45, 7) is 10.1. The van der Waals surface area contributed by atoms with Crippen molar-refractivity contribution in [3.8, 4) is 17.2 Å². The molecule has 1 amide bonds. The highest BCUT2D eigenvalue weighted by molar-refractivity contribution is 5.88. The molecule has 1 unspecified atom stereocenters. The molecule has 2 saturated heterocycles. The number of carbonyl (C=O) groups is 1. The molecular formula is C29H35FN6O. The molecule has 0 bridgehead atoms. The van der Waals surface area contributed by atoms with Gasteiger partial charge < -0.3 is 9.80 Å². The Morgan fingerprint density at radius 1 is 1.30 bits per heavy atom. The number of pyridine rings is 1. The Bertz CT molecular complexity index is 1260. The first kappa shape index (κ1) is 25.4. The maximum atomic E-state index is 15.2. The molecule has 0 N–H and O–H groups in total. The summed E-state index contributed by atoms with van der Waals surface area (Å²) in [7, 11) is 4.18. The number of nitriles is 1. The third kappa shape index (κ3) is 4.41. The summed E-state index contributed by atoms with van der Waals surface area (Å²) in [5, 5.41) is 10.4. The van der Waals surface area contributed by atoms with E-state index < -0.39 is 0 Å². The summed E-state index contributed by atoms with van der Waals surface area (Å²) in [5.41, 5.74) is 3.52. The van der Waals surface area contributed by atoms with Crippen LogP contribution in [0, 0.1) is 22.6 Å². The Morgan fingerprint density at radius 3 is 2.70 bits per heavy atom. The van der Waals surface area contributed by atoms with Crippen LogP contribution in [0.4, 0.5) is 10.2 Å². The first-order chi connectivity index (χ1) is 17.8. The molecule has 7 nitrogen and oxygen atoms in total. The van der Waals surface area contributed by atoms with Gasteiger partial charge in [-0.3, -0.25) is 14.6 Å². The Labute approximate surface area is 218 Å². The molecule has 5 rings (SSSR count). The van der Waals surface area contributed by atoms with Crippen molar-refractivity contribution in [2.45, 2.75) is 38.9 Å². The van der Waals surface area contributed by atoms with Crippen LogP contribution in [-0.4, -0.2) is 78.6 Å². The second-order valence-corrected chi connectivity index (χ2v) is 10.8. The number of nitrogens with zero attached hydrogens (tertiary/aromatic N) is 6. The van der Waals surface area contributed by atoms with Crippen molar-refractivity contribution < 1.29 is 9.18 Å². The van der Waals surface area contributed by atoms with Gasteiger partial charge >= 0.3 is 0 Å². The maximum Gasteiger partial charge on any atom is 0.245 e. The van der Waals surface area contributed by atoms with Crippen LogP contribution in [0.5, 0.6) is 0 Å². The van der Waals surface area contributed by atoms with Gasteiger partial charge in [0.15, 0.2) is 0 Å². The third-order valence-corrected chi connectivity index (χ3v) is 8.28. The number of rotatable bonds is 6. The largest absolute Gasteiger partial charge is 0.355 e. The van der Waals surface area contributed by atoms with Gasteiger partial charge in [-0.15, -0.1) is 0 Å². The van der Waals surface area contributed by atoms with E-state index in [0.717, 1.165) is 43.7 Å². The van der Waals surface area contributed by atoms with Crippen LogP contribution >= 0.6 is 0 Å². The van der Waals surface area contributed by atoms with Gasteiger partial charge in [-0.1, -0.05) is 31.7 Å². The number of fused-ring (bicyclic) bond motifs is 1. The molecule has 1 aromatic carbocycles. The average Bonchev–Trinajstić information content (AvgIpc) is 3.32. The third-order valence-electron chi connectivity index (χ3n) is 8.28. The predicted molar refractivity (Wildman–Crippen MR) is 142 cm³/mol. The summed E-state index contributed by atoms with van der Waals surface area (Å²) in [5.74, 6) is 0.280. The van der Waals surface area contributed by atoms with Crippen LogP contribution in [0.3, 0.4) is 0 Å². The van der Waals surface area contributed by atoms with Crippen molar-refractivity contribution in [2.75, 3.05) is 51.7 Å². The molecule has 8 heteroatoms. The normalized spacial score (nSPS) is 19.5. The predicted octanol–water partition coefficient (Wildman–Crippen LogP) is 3.64. The molecule has 4 heterocycles. The maximum absolute atomic E-state index is 15.2. The Balaban J connectivity index is 1.56. The van der Waals surface area contributed by atoms with Crippen LogP contribution in [0.25, 0.3) is 11.1 Å². The van der Waals surface area contributed by atoms with Crippen LogP contribution in [0.15, 0.2) is 36.9 Å². The first-order valence-electron chi connectivity index (χ1n) is 13.1. The molecule has 194 valence electrons. The van der Waals surface area contributed by atoms with E-state index >= 15 is 4.39 Å². The van der Waals surface area contributed by atoms with Crippen molar-refractivity contribution in [2.24, 2.45) is 5.41 Å². The number of hydrogen-bond donors (Lipinski definition) is 0. The van der Waals surface area contributed by atoms with Crippen LogP contribution in [0.2, 0.25) is 0 Å². The second-order valence-electron chi connectivity index (χ2n) is 10.8. The molecule has 1 atom stereocenters. The summed E-state index contributed by atoms with van der Waals surface area (Å²) in [6.07, 6.45) is 4.28. The van der Waals surface area contributed by atoms with Gasteiger partial charge in [-0.25, -0.2) is 9.37 Å². The summed E-state index contributed by atoms with van der Waals surface area (Å²) >= 11 is 0. The highest BCUT2D eigenvalue weighted by atomic mass is 19.1. The zero-order chi connectivity index (χ0) is 26.3. The van der Waals surface area contributed by atoms with Gasteiger partial charge in [0.2, 0.25) is 5.91 Å². The van der Waals surface area contributed by atoms with Gasteiger partial charge in [-0.05, 0) is 51.1 Å². The van der Waals surface area contributed by atoms with E-state index in [4.69, 9.17) is 4.98 Å². The van der Waals surface area contributed by atoms with Gasteiger partial charge in [0.25, 0.3) is 0 Å². The number of halogens is 1. The number of aromatic nitrogens is 1. The molecule has 2 fully saturated rings. The van der Waals surface area contributed by atoms with Crippen molar-refractivity contribution in [1.82, 2.24) is 19.7 Å². The summed E-state index contributed by atoms with van der Waals surface area (Å²) < 4.78 is 15.2. The minimum Gasteiger partial charge on any atom is -0.355 e. The van der Waals surface area contributed by atoms with Crippen molar-refractivity contribution >= 4 is 11.7 Å². The molecule has 0 radical (unpaired) electrons. The molecule has 1 spiro atoms. The Kier molecular flexibility index (Phi) is 6.78. The monoisotopic (exact) mass is 502 g/mol. The SMILES string of the molecule is C=CC(=O)N1CC2(CCN(c3nc4c(c(-c5ccccc5F)c3C#N)CCN(C(CC)N(C)C)C4)C2)C1. The summed E-state index contributed by atoms with van der Waals surface area (Å²) in [6, 6.07) is 9.15. The number of hydrogen-bond acceptors (Lipinski definition) is 6. The number of anilines is 1. The quantitative estimate of drug-likeness (QED) is 0.562. The Hall–Kier alpha value is -3.28. The van der Waals surface area contributed by atoms with E-state index in [0.29, 0.717) is 48.6 Å². The van der Waals surface area contributed by atoms with Crippen molar-refractivity contribution in [3.63, 3.8) is 0 Å². The Morgan fingerprint density at radius 2 is 2.05 bits per heavy atom. The zero-order valence-corrected chi connectivity index (χ0v) is 22.0. The first-order valence-corrected chi connectivity index (χ1v) is 13.1. The molecule has 0 saturated carbocycles. The number of benzene rings is 1. The standard InChI is InChI=1S/C29H35FN6O/c1-5-25(33(3)4)34-13-11-21-24(16-34)32-28(22(15-31)27(21)20-9-7-8-10-23(20)30)35-14-12-29(17-35)18-36(19-29)26(37)6-2/h6-10,25H,2,5,11-14,16-19H2,1,3-4H3. The molecule has 37 heavy (non-hydrogen) atoms. The van der Waals surface area contributed by atoms with Crippen LogP contribution in [0.1, 0.15) is 36.6 Å². The summed E-state index contributed by atoms with van der Waals surface area (Å²) in [4.78, 5) is 25.8. The number of carbonyl (C=O) groups excluding carboxylic acids is 1. The van der Waals surface area contributed by atoms with Crippen LogP contribution < -0.4 is 4.90 Å². The van der Waals surface area contributed by atoms with Crippen molar-refractivity contribution in [3.05, 3.63) is 59.6 Å². The van der Waals surface area contributed by atoms with E-state index in [1.165, 1.54) is 12.1 Å². The number of amides is 1. The smallest absolute Gasteiger partial charge is 0.245 e. The fraction of sp³-hybridized carbons (Fsp3) is 0.483. The highest BCUT2D eigenvalue weighted by Gasteiger charge is 2.49. The molecule has 3 aliphatic heterocycles. The lowest BCUT2D eigenvalue weighted by atomic mass is 9.79. The lowest BCUT2D eigenvalue weighted by Gasteiger charge is -2.47. The van der Waals surface area contributed by atoms with E-state index in [1.54, 1.807) is 12.1 Å². The van der Waals surface area contributed by atoms with Crippen molar-refractivity contribution in [1.29, 1.82) is 5.26 Å². The van der Waals surface area contributed by atoms with E-state index in [1.807, 2.05) is 11.0 Å². The molecular weight excluding hydrogens is 467 g/mol. The molecule has 2 aromatic rings. The lowest BCUT2D eigenvalue weighted by molar-refractivity contribution is -0.136. The van der Waals surface area contributed by atoms with Gasteiger partial charge in [0.05, 0.1) is 11.9 Å². The molecule has 3 aliphatic rings. The van der Waals surface area contributed by atoms with Gasteiger partial charge in [0.1, 0.15) is 23.3 Å². The fourth-order valence-electron chi connectivity index (χ4n) is 6.51. The number of likely N-dealkylation sites (tertiary alicyclic amines) is 1. The van der Waals surface area contributed by atoms with E-state index in [9.17, 15) is 10.1 Å². The highest BCUT2D eigenvalue weighted by Crippen LogP contribution is 2.44. The van der Waals surface area contributed by atoms with E-state index in [2.05, 4.69) is 48.4 Å². The van der Waals surface area contributed by atoms with Gasteiger partial charge in [-0.2, -0.15) is 5.26 Å². The minimum atomic E-state index is -0.323. The van der Waals surface area contributed by atoms with E-state index in [-0.39, 0.29) is 23.3 Å². The molecule has 1 aromatic heterocycles. The minimum absolute atomic E-state index is 0.00536. The van der Waals surface area contributed by atoms with Gasteiger partial charge in [0, 0.05) is 55.8 Å². The second kappa shape index (κ2) is 9.88. The van der Waals surface area contributed by atoms with Crippen LogP contribution in [-0.2, 0) is 17.8 Å². The fourth-order valence-corrected chi connectivity index (χ4v) is 6.51. The lowest BCUT2D eigenvalue weighted by Crippen LogP contribution is -2.59. The average molecular weight is 503 g/mol. The molecule has 0 aliphatic carbocycles. The zero-order valence-electron chi connectivity index (χ0n) is 22.0.